The number of nitrogens with zero attached hydrogens (tertiary/aromatic N) is 2. The van der Waals surface area contributed by atoms with Crippen LogP contribution in [0.25, 0.3) is 0 Å². The molecule has 1 aromatic carbocycles. The first kappa shape index (κ1) is 15.1. The number of aryl methyl sites for hydroxylation is 1. The van der Waals surface area contributed by atoms with Gasteiger partial charge in [0, 0.05) is 42.0 Å². The maximum atomic E-state index is 13.6. The molecule has 0 saturated carbocycles. The van der Waals surface area contributed by atoms with E-state index in [0.717, 1.165) is 24.5 Å². The molecule has 1 N–H and O–H groups in total. The highest BCUT2D eigenvalue weighted by Gasteiger charge is 2.12. The van der Waals surface area contributed by atoms with E-state index in [9.17, 15) is 4.39 Å². The minimum Gasteiger partial charge on any atom is -0.335 e. The first-order valence-electron chi connectivity index (χ1n) is 6.79. The predicted octanol–water partition coefficient (Wildman–Crippen LogP) is 2.96. The topological polar surface area (TPSA) is 29.9 Å². The summed E-state index contributed by atoms with van der Waals surface area (Å²) in [7, 11) is 1.94. The van der Waals surface area contributed by atoms with Crippen LogP contribution in [0.2, 0.25) is 0 Å². The lowest BCUT2D eigenvalue weighted by molar-refractivity contribution is 0.571. The fourth-order valence-corrected chi connectivity index (χ4v) is 3.08. The van der Waals surface area contributed by atoms with Crippen LogP contribution in [0, 0.1) is 5.82 Å². The van der Waals surface area contributed by atoms with Crippen molar-refractivity contribution in [1.29, 1.82) is 0 Å². The van der Waals surface area contributed by atoms with Gasteiger partial charge in [0.1, 0.15) is 11.6 Å². The van der Waals surface area contributed by atoms with Gasteiger partial charge < -0.3 is 9.88 Å². The molecule has 108 valence electrons. The number of hydrogen-bond acceptors (Lipinski definition) is 3. The van der Waals surface area contributed by atoms with Crippen molar-refractivity contribution >= 4 is 11.8 Å². The highest BCUT2D eigenvalue weighted by atomic mass is 32.2. The van der Waals surface area contributed by atoms with Gasteiger partial charge in [-0.15, -0.1) is 11.8 Å². The van der Waals surface area contributed by atoms with Crippen molar-refractivity contribution in [2.24, 2.45) is 0 Å². The van der Waals surface area contributed by atoms with Crippen LogP contribution in [0.4, 0.5) is 4.39 Å². The Morgan fingerprint density at radius 3 is 2.90 bits per heavy atom. The molecule has 0 aliphatic heterocycles. The average molecular weight is 293 g/mol. The smallest absolute Gasteiger partial charge is 0.136 e. The van der Waals surface area contributed by atoms with Crippen LogP contribution in [0.15, 0.2) is 41.6 Å². The van der Waals surface area contributed by atoms with Gasteiger partial charge in [0.15, 0.2) is 0 Å². The van der Waals surface area contributed by atoms with Gasteiger partial charge in [-0.25, -0.2) is 9.37 Å². The van der Waals surface area contributed by atoms with Crippen molar-refractivity contribution in [2.45, 2.75) is 30.8 Å². The van der Waals surface area contributed by atoms with Gasteiger partial charge in [-0.05, 0) is 26.1 Å². The Morgan fingerprint density at radius 1 is 1.40 bits per heavy atom. The third kappa shape index (κ3) is 3.84. The second-order valence-corrected chi connectivity index (χ2v) is 5.62. The fourth-order valence-electron chi connectivity index (χ4n) is 2.03. The molecule has 0 fully saturated rings. The number of hydrogen-bond donors (Lipinski definition) is 1. The standard InChI is InChI=1S/C15H20FN3S/c1-3-19-9-8-18-15(19)10-12(17-2)11-20-14-7-5-4-6-13(14)16/h4-9,12,17H,3,10-11H2,1-2H3. The van der Waals surface area contributed by atoms with E-state index in [-0.39, 0.29) is 11.9 Å². The summed E-state index contributed by atoms with van der Waals surface area (Å²) in [5.41, 5.74) is 0. The molecule has 0 radical (unpaired) electrons. The van der Waals surface area contributed by atoms with Crippen molar-refractivity contribution in [1.82, 2.24) is 14.9 Å². The molecule has 0 spiro atoms. The van der Waals surface area contributed by atoms with E-state index < -0.39 is 0 Å². The van der Waals surface area contributed by atoms with Gasteiger partial charge in [-0.3, -0.25) is 0 Å². The molecule has 1 atom stereocenters. The average Bonchev–Trinajstić information content (AvgIpc) is 2.92. The second kappa shape index (κ2) is 7.45. The summed E-state index contributed by atoms with van der Waals surface area (Å²) in [6.07, 6.45) is 4.67. The van der Waals surface area contributed by atoms with Crippen LogP contribution in [0.1, 0.15) is 12.7 Å². The molecule has 0 aliphatic carbocycles. The van der Waals surface area contributed by atoms with E-state index in [4.69, 9.17) is 0 Å². The zero-order valence-corrected chi connectivity index (χ0v) is 12.7. The number of aromatic nitrogens is 2. The molecule has 0 aliphatic rings. The molecule has 20 heavy (non-hydrogen) atoms. The summed E-state index contributed by atoms with van der Waals surface area (Å²) >= 11 is 1.54. The van der Waals surface area contributed by atoms with Gasteiger partial charge in [0.05, 0.1) is 0 Å². The largest absolute Gasteiger partial charge is 0.335 e. The van der Waals surface area contributed by atoms with Crippen molar-refractivity contribution in [3.8, 4) is 0 Å². The molecule has 3 nitrogen and oxygen atoms in total. The van der Waals surface area contributed by atoms with Gasteiger partial charge in [0.2, 0.25) is 0 Å². The van der Waals surface area contributed by atoms with E-state index in [1.54, 1.807) is 17.8 Å². The maximum Gasteiger partial charge on any atom is 0.136 e. The van der Waals surface area contributed by atoms with Crippen LogP contribution in [0.5, 0.6) is 0 Å². The maximum absolute atomic E-state index is 13.6. The summed E-state index contributed by atoms with van der Waals surface area (Å²) in [6, 6.07) is 7.17. The lowest BCUT2D eigenvalue weighted by atomic mass is 10.2. The highest BCUT2D eigenvalue weighted by molar-refractivity contribution is 7.99. The monoisotopic (exact) mass is 293 g/mol. The van der Waals surface area contributed by atoms with E-state index in [2.05, 4.69) is 21.8 Å². The molecule has 1 heterocycles. The number of imidazole rings is 1. The Bertz CT molecular complexity index is 541. The number of benzene rings is 1. The number of thioether (sulfide) groups is 1. The van der Waals surface area contributed by atoms with Crippen LogP contribution in [-0.2, 0) is 13.0 Å². The van der Waals surface area contributed by atoms with Crippen LogP contribution >= 0.6 is 11.8 Å². The molecule has 1 unspecified atom stereocenters. The molecule has 0 saturated heterocycles. The van der Waals surface area contributed by atoms with E-state index in [1.807, 2.05) is 31.6 Å². The quantitative estimate of drug-likeness (QED) is 0.796. The Balaban J connectivity index is 1.94. The van der Waals surface area contributed by atoms with Crippen LogP contribution in [0.3, 0.4) is 0 Å². The number of likely N-dealkylation sites (N-methyl/N-ethyl adjacent to an activating group) is 1. The van der Waals surface area contributed by atoms with Gasteiger partial charge >= 0.3 is 0 Å². The number of rotatable bonds is 7. The Labute approximate surface area is 123 Å². The number of halogens is 1. The van der Waals surface area contributed by atoms with Crippen LogP contribution < -0.4 is 5.32 Å². The fraction of sp³-hybridized carbons (Fsp3) is 0.400. The molecule has 5 heteroatoms. The number of nitrogens with one attached hydrogen (secondary N) is 1. The van der Waals surface area contributed by atoms with Crippen LogP contribution in [-0.4, -0.2) is 28.4 Å². The first-order chi connectivity index (χ1) is 9.74. The third-order valence-corrected chi connectivity index (χ3v) is 4.47. The van der Waals surface area contributed by atoms with Crippen molar-refractivity contribution < 1.29 is 4.39 Å². The Kier molecular flexibility index (Phi) is 5.61. The lowest BCUT2D eigenvalue weighted by Crippen LogP contribution is -2.31. The normalized spacial score (nSPS) is 12.6. The van der Waals surface area contributed by atoms with Gasteiger partial charge in [-0.1, -0.05) is 12.1 Å². The van der Waals surface area contributed by atoms with Gasteiger partial charge in [-0.2, -0.15) is 0 Å². The zero-order chi connectivity index (χ0) is 14.4. The molecule has 1 aromatic heterocycles. The lowest BCUT2D eigenvalue weighted by Gasteiger charge is -2.16. The summed E-state index contributed by atoms with van der Waals surface area (Å²) in [6.45, 7) is 3.03. The molecular formula is C15H20FN3S. The summed E-state index contributed by atoms with van der Waals surface area (Å²) in [5, 5.41) is 3.28. The predicted molar refractivity (Wildman–Crippen MR) is 81.6 cm³/mol. The summed E-state index contributed by atoms with van der Waals surface area (Å²) in [4.78, 5) is 5.09. The second-order valence-electron chi connectivity index (χ2n) is 4.56. The molecule has 0 bridgehead atoms. The summed E-state index contributed by atoms with van der Waals surface area (Å²) < 4.78 is 15.7. The molecule has 0 amide bonds. The zero-order valence-electron chi connectivity index (χ0n) is 11.8. The summed E-state index contributed by atoms with van der Waals surface area (Å²) in [5.74, 6) is 1.73. The molecule has 2 rings (SSSR count). The third-order valence-electron chi connectivity index (χ3n) is 3.26. The molecular weight excluding hydrogens is 273 g/mol. The minimum atomic E-state index is -0.151. The first-order valence-corrected chi connectivity index (χ1v) is 7.77. The van der Waals surface area contributed by atoms with Gasteiger partial charge in [0.25, 0.3) is 0 Å². The van der Waals surface area contributed by atoms with Crippen molar-refractivity contribution in [3.63, 3.8) is 0 Å². The molecule has 2 aromatic rings. The van der Waals surface area contributed by atoms with Crippen molar-refractivity contribution in [3.05, 3.63) is 48.3 Å². The minimum absolute atomic E-state index is 0.151. The van der Waals surface area contributed by atoms with E-state index in [1.165, 1.54) is 6.07 Å². The SMILES string of the molecule is CCn1ccnc1CC(CSc1ccccc1F)NC. The van der Waals surface area contributed by atoms with E-state index >= 15 is 0 Å². The van der Waals surface area contributed by atoms with E-state index in [0.29, 0.717) is 4.90 Å². The Hall–Kier alpha value is -1.33. The van der Waals surface area contributed by atoms with Crippen molar-refractivity contribution in [2.75, 3.05) is 12.8 Å². The Morgan fingerprint density at radius 2 is 2.20 bits per heavy atom. The highest BCUT2D eigenvalue weighted by Crippen LogP contribution is 2.22.